The summed E-state index contributed by atoms with van der Waals surface area (Å²) in [5.41, 5.74) is 6.48. The Balaban J connectivity index is 2.15. The number of carbonyl (C=O) groups excluding carboxylic acids is 1. The van der Waals surface area contributed by atoms with Gasteiger partial charge >= 0.3 is 0 Å². The fourth-order valence-corrected chi connectivity index (χ4v) is 3.11. The van der Waals surface area contributed by atoms with E-state index in [-0.39, 0.29) is 16.4 Å². The first-order valence-corrected chi connectivity index (χ1v) is 7.14. The van der Waals surface area contributed by atoms with Crippen molar-refractivity contribution in [3.63, 3.8) is 0 Å². The summed E-state index contributed by atoms with van der Waals surface area (Å²) in [6.45, 7) is 0. The van der Waals surface area contributed by atoms with Crippen molar-refractivity contribution in [3.8, 4) is 28.7 Å². The Morgan fingerprint density at radius 2 is 2.00 bits per heavy atom. The predicted octanol–water partition coefficient (Wildman–Crippen LogP) is 2.76. The monoisotopic (exact) mass is 310 g/mol. The molecule has 0 radical (unpaired) electrons. The average molecular weight is 310 g/mol. The van der Waals surface area contributed by atoms with E-state index in [0.717, 1.165) is 17.3 Å². The Hall–Kier alpha value is -2.91. The molecule has 0 bridgehead atoms. The van der Waals surface area contributed by atoms with Crippen molar-refractivity contribution in [3.05, 3.63) is 53.1 Å². The SMILES string of the molecule is N#C/C(C(N)=O)=C1\Oc2c(cc(O)cc2-c2ccccc2)S1. The third-order valence-corrected chi connectivity index (χ3v) is 4.08. The molecule has 0 aliphatic carbocycles. The van der Waals surface area contributed by atoms with E-state index in [0.29, 0.717) is 16.2 Å². The second kappa shape index (κ2) is 5.47. The minimum absolute atomic E-state index is 0.0764. The third kappa shape index (κ3) is 2.38. The van der Waals surface area contributed by atoms with Gasteiger partial charge in [0.2, 0.25) is 0 Å². The Morgan fingerprint density at radius 3 is 2.64 bits per heavy atom. The van der Waals surface area contributed by atoms with Crippen LogP contribution in [0.1, 0.15) is 0 Å². The molecule has 0 spiro atoms. The van der Waals surface area contributed by atoms with Crippen LogP contribution in [-0.2, 0) is 4.79 Å². The maximum absolute atomic E-state index is 11.3. The molecule has 5 nitrogen and oxygen atoms in total. The molecule has 1 aliphatic heterocycles. The second-order valence-electron chi connectivity index (χ2n) is 4.53. The van der Waals surface area contributed by atoms with E-state index in [1.807, 2.05) is 30.3 Å². The van der Waals surface area contributed by atoms with Crippen molar-refractivity contribution in [2.24, 2.45) is 5.73 Å². The summed E-state index contributed by atoms with van der Waals surface area (Å²) in [5, 5.41) is 19.0. The van der Waals surface area contributed by atoms with Gasteiger partial charge in [0.15, 0.2) is 10.7 Å². The quantitative estimate of drug-likeness (QED) is 0.656. The topological polar surface area (TPSA) is 96.3 Å². The minimum Gasteiger partial charge on any atom is -0.508 e. The first-order valence-electron chi connectivity index (χ1n) is 6.32. The zero-order valence-electron chi connectivity index (χ0n) is 11.2. The predicted molar refractivity (Wildman–Crippen MR) is 81.9 cm³/mol. The molecule has 0 fully saturated rings. The number of hydrogen-bond donors (Lipinski definition) is 2. The molecule has 108 valence electrons. The number of rotatable bonds is 2. The van der Waals surface area contributed by atoms with Crippen LogP contribution in [0.15, 0.2) is 58.0 Å². The number of amides is 1. The number of thioether (sulfide) groups is 1. The molecule has 3 rings (SSSR count). The molecule has 0 saturated heterocycles. The zero-order valence-corrected chi connectivity index (χ0v) is 12.1. The van der Waals surface area contributed by atoms with E-state index >= 15 is 0 Å². The lowest BCUT2D eigenvalue weighted by molar-refractivity contribution is -0.114. The molecule has 2 aromatic rings. The highest BCUT2D eigenvalue weighted by Gasteiger charge is 2.28. The van der Waals surface area contributed by atoms with Gasteiger partial charge in [-0.05, 0) is 29.5 Å². The van der Waals surface area contributed by atoms with E-state index in [1.165, 1.54) is 6.07 Å². The summed E-state index contributed by atoms with van der Waals surface area (Å²) in [6.07, 6.45) is 0. The first kappa shape index (κ1) is 14.0. The molecule has 0 unspecified atom stereocenters. The summed E-state index contributed by atoms with van der Waals surface area (Å²) in [6, 6.07) is 14.2. The molecule has 1 heterocycles. The molecule has 1 amide bonds. The first-order chi connectivity index (χ1) is 10.6. The van der Waals surface area contributed by atoms with Gasteiger partial charge in [-0.2, -0.15) is 5.26 Å². The largest absolute Gasteiger partial charge is 0.508 e. The number of phenolic OH excluding ortho intramolecular Hbond substituents is 1. The number of ether oxygens (including phenoxy) is 1. The fraction of sp³-hybridized carbons (Fsp3) is 0. The van der Waals surface area contributed by atoms with Crippen LogP contribution < -0.4 is 10.5 Å². The van der Waals surface area contributed by atoms with Crippen molar-refractivity contribution < 1.29 is 14.6 Å². The van der Waals surface area contributed by atoms with Crippen molar-refractivity contribution in [2.75, 3.05) is 0 Å². The Bertz CT molecular complexity index is 838. The summed E-state index contributed by atoms with van der Waals surface area (Å²) in [7, 11) is 0. The fourth-order valence-electron chi connectivity index (χ4n) is 2.12. The lowest BCUT2D eigenvalue weighted by atomic mass is 10.0. The number of nitrogens with two attached hydrogens (primary N) is 1. The summed E-state index contributed by atoms with van der Waals surface area (Å²) < 4.78 is 5.67. The van der Waals surface area contributed by atoms with E-state index in [2.05, 4.69) is 0 Å². The van der Waals surface area contributed by atoms with Gasteiger partial charge in [0.1, 0.15) is 17.6 Å². The van der Waals surface area contributed by atoms with Gasteiger partial charge < -0.3 is 15.6 Å². The van der Waals surface area contributed by atoms with Crippen molar-refractivity contribution >= 4 is 17.7 Å². The number of fused-ring (bicyclic) bond motifs is 1. The molecular weight excluding hydrogens is 300 g/mol. The zero-order chi connectivity index (χ0) is 15.7. The number of phenols is 1. The highest BCUT2D eigenvalue weighted by molar-refractivity contribution is 8.03. The van der Waals surface area contributed by atoms with Crippen LogP contribution >= 0.6 is 11.8 Å². The van der Waals surface area contributed by atoms with Crippen LogP contribution in [0.5, 0.6) is 11.5 Å². The molecule has 0 atom stereocenters. The van der Waals surface area contributed by atoms with Gasteiger partial charge in [-0.25, -0.2) is 0 Å². The summed E-state index contributed by atoms with van der Waals surface area (Å²) in [5.74, 6) is -0.270. The van der Waals surface area contributed by atoms with Gasteiger partial charge in [-0.3, -0.25) is 4.79 Å². The van der Waals surface area contributed by atoms with Crippen LogP contribution in [0.2, 0.25) is 0 Å². The van der Waals surface area contributed by atoms with Crippen LogP contribution in [-0.4, -0.2) is 11.0 Å². The minimum atomic E-state index is -0.844. The number of carbonyl (C=O) groups is 1. The van der Waals surface area contributed by atoms with E-state index in [4.69, 9.17) is 15.7 Å². The maximum atomic E-state index is 11.3. The number of aromatic hydroxyl groups is 1. The number of nitriles is 1. The molecule has 0 aromatic heterocycles. The van der Waals surface area contributed by atoms with Gasteiger partial charge in [0, 0.05) is 5.56 Å². The van der Waals surface area contributed by atoms with E-state index in [9.17, 15) is 9.90 Å². The average Bonchev–Trinajstić information content (AvgIpc) is 2.90. The van der Waals surface area contributed by atoms with Crippen LogP contribution in [0.4, 0.5) is 0 Å². The van der Waals surface area contributed by atoms with Crippen molar-refractivity contribution in [1.82, 2.24) is 0 Å². The molecule has 3 N–H and O–H groups in total. The molecule has 2 aromatic carbocycles. The number of primary amides is 1. The van der Waals surface area contributed by atoms with Gasteiger partial charge in [0.25, 0.3) is 5.91 Å². The lowest BCUT2D eigenvalue weighted by Gasteiger charge is -2.08. The summed E-state index contributed by atoms with van der Waals surface area (Å²) >= 11 is 1.09. The van der Waals surface area contributed by atoms with Gasteiger partial charge in [0.05, 0.1) is 4.90 Å². The van der Waals surface area contributed by atoms with Crippen LogP contribution in [0.25, 0.3) is 11.1 Å². The molecule has 0 saturated carbocycles. The molecular formula is C16H10N2O3S. The highest BCUT2D eigenvalue weighted by atomic mass is 32.2. The Labute approximate surface area is 130 Å². The Kier molecular flexibility index (Phi) is 3.49. The molecule has 1 aliphatic rings. The number of nitrogens with zero attached hydrogens (tertiary/aromatic N) is 1. The van der Waals surface area contributed by atoms with Crippen LogP contribution in [0.3, 0.4) is 0 Å². The summed E-state index contributed by atoms with van der Waals surface area (Å²) in [4.78, 5) is 11.9. The molecule has 22 heavy (non-hydrogen) atoms. The Morgan fingerprint density at radius 1 is 1.27 bits per heavy atom. The maximum Gasteiger partial charge on any atom is 0.263 e. The molecule has 6 heteroatoms. The second-order valence-corrected chi connectivity index (χ2v) is 5.54. The van der Waals surface area contributed by atoms with E-state index < -0.39 is 5.91 Å². The third-order valence-electron chi connectivity index (χ3n) is 3.08. The smallest absolute Gasteiger partial charge is 0.263 e. The van der Waals surface area contributed by atoms with E-state index in [1.54, 1.807) is 12.1 Å². The number of benzene rings is 2. The lowest BCUT2D eigenvalue weighted by Crippen LogP contribution is -2.15. The normalized spacial score (nSPS) is 14.7. The highest BCUT2D eigenvalue weighted by Crippen LogP contribution is 2.50. The van der Waals surface area contributed by atoms with Crippen molar-refractivity contribution in [1.29, 1.82) is 5.26 Å². The van der Waals surface area contributed by atoms with Gasteiger partial charge in [-0.15, -0.1) is 0 Å². The standard InChI is InChI=1S/C16H10N2O3S/c17-8-12(15(18)20)16-21-14-11(9-4-2-1-3-5-9)6-10(19)7-13(14)22-16/h1-7,19H,(H2,18,20)/b16-12-. The van der Waals surface area contributed by atoms with Gasteiger partial charge in [-0.1, -0.05) is 30.3 Å². The number of hydrogen-bond acceptors (Lipinski definition) is 5. The van der Waals surface area contributed by atoms with Crippen LogP contribution in [0, 0.1) is 11.3 Å². The van der Waals surface area contributed by atoms with Crippen molar-refractivity contribution in [2.45, 2.75) is 4.90 Å².